The summed E-state index contributed by atoms with van der Waals surface area (Å²) in [5.41, 5.74) is 4.07. The number of phenols is 3. The van der Waals surface area contributed by atoms with Crippen LogP contribution in [0.3, 0.4) is 0 Å². The number of aryl methyl sites for hydroxylation is 3. The van der Waals surface area contributed by atoms with E-state index >= 15 is 0 Å². The fourth-order valence-corrected chi connectivity index (χ4v) is 3.81. The van der Waals surface area contributed by atoms with Crippen LogP contribution >= 0.6 is 0 Å². The molecule has 128 valence electrons. The third-order valence-electron chi connectivity index (χ3n) is 5.01. The Morgan fingerprint density at radius 2 is 1.84 bits per heavy atom. The van der Waals surface area contributed by atoms with Gasteiger partial charge in [0.2, 0.25) is 5.69 Å². The van der Waals surface area contributed by atoms with Gasteiger partial charge in [0.25, 0.3) is 0 Å². The van der Waals surface area contributed by atoms with E-state index < -0.39 is 0 Å². The Bertz CT molecular complexity index is 1010. The predicted octanol–water partition coefficient (Wildman–Crippen LogP) is 3.04. The Labute approximate surface area is 145 Å². The topological polar surface area (TPSA) is 73.8 Å². The molecule has 0 amide bonds. The summed E-state index contributed by atoms with van der Waals surface area (Å²) in [5, 5.41) is 32.0. The van der Waals surface area contributed by atoms with Gasteiger partial charge in [-0.05, 0) is 36.2 Å². The van der Waals surface area contributed by atoms with Crippen molar-refractivity contribution in [3.8, 4) is 34.3 Å². The zero-order chi connectivity index (χ0) is 17.7. The van der Waals surface area contributed by atoms with Crippen molar-refractivity contribution in [1.29, 1.82) is 0 Å². The van der Waals surface area contributed by atoms with Crippen LogP contribution in [0.15, 0.2) is 30.5 Å². The van der Waals surface area contributed by atoms with E-state index in [0.29, 0.717) is 5.75 Å². The summed E-state index contributed by atoms with van der Waals surface area (Å²) in [6, 6.07) is 7.00. The molecule has 0 saturated heterocycles. The van der Waals surface area contributed by atoms with E-state index in [1.165, 1.54) is 0 Å². The number of pyridine rings is 1. The van der Waals surface area contributed by atoms with Gasteiger partial charge in [-0.15, -0.1) is 0 Å². The van der Waals surface area contributed by atoms with Crippen molar-refractivity contribution in [2.75, 3.05) is 7.11 Å². The number of rotatable bonds is 2. The highest BCUT2D eigenvalue weighted by Crippen LogP contribution is 2.41. The fourth-order valence-electron chi connectivity index (χ4n) is 3.81. The van der Waals surface area contributed by atoms with Crippen LogP contribution in [-0.4, -0.2) is 22.4 Å². The standard InChI is InChI=1S/C20H19NO4/c1-3-12-13-4-5-18(25-2)20(24)15(13)10-21-7-6-11-8-16(22)17(23)9-14(11)19(12)21/h4-5,8-10H,3,6-7H2,1-2H3,(H2,22,23,24)/p+1. The van der Waals surface area contributed by atoms with Crippen LogP contribution in [0.4, 0.5) is 0 Å². The molecular formula is C20H20NO4+. The third kappa shape index (κ3) is 2.19. The summed E-state index contributed by atoms with van der Waals surface area (Å²) < 4.78 is 7.35. The number of phenolic OH excluding ortho intramolecular Hbond substituents is 3. The highest BCUT2D eigenvalue weighted by molar-refractivity contribution is 5.94. The summed E-state index contributed by atoms with van der Waals surface area (Å²) in [6.07, 6.45) is 3.47. The van der Waals surface area contributed by atoms with Gasteiger partial charge in [-0.2, -0.15) is 4.57 Å². The average Bonchev–Trinajstić information content (AvgIpc) is 2.61. The first-order valence-corrected chi connectivity index (χ1v) is 8.35. The van der Waals surface area contributed by atoms with Crippen molar-refractivity contribution in [1.82, 2.24) is 0 Å². The van der Waals surface area contributed by atoms with E-state index in [2.05, 4.69) is 11.5 Å². The molecule has 1 aliphatic heterocycles. The van der Waals surface area contributed by atoms with Gasteiger partial charge in [0, 0.05) is 17.4 Å². The largest absolute Gasteiger partial charge is 0.504 e. The molecular weight excluding hydrogens is 318 g/mol. The lowest BCUT2D eigenvalue weighted by Gasteiger charge is -2.20. The number of aromatic hydroxyl groups is 3. The average molecular weight is 338 g/mol. The normalized spacial score (nSPS) is 12.7. The van der Waals surface area contributed by atoms with Crippen molar-refractivity contribution in [2.24, 2.45) is 0 Å². The molecule has 0 aliphatic carbocycles. The molecule has 0 radical (unpaired) electrons. The minimum Gasteiger partial charge on any atom is -0.504 e. The summed E-state index contributed by atoms with van der Waals surface area (Å²) in [7, 11) is 1.54. The van der Waals surface area contributed by atoms with Gasteiger partial charge < -0.3 is 20.1 Å². The van der Waals surface area contributed by atoms with E-state index in [0.717, 1.165) is 52.5 Å². The Kier molecular flexibility index (Phi) is 3.46. The number of hydrogen-bond acceptors (Lipinski definition) is 4. The van der Waals surface area contributed by atoms with Crippen molar-refractivity contribution >= 4 is 10.8 Å². The Balaban J connectivity index is 2.09. The van der Waals surface area contributed by atoms with Crippen LogP contribution in [0.1, 0.15) is 18.1 Å². The van der Waals surface area contributed by atoms with Gasteiger partial charge in [-0.1, -0.05) is 6.92 Å². The summed E-state index contributed by atoms with van der Waals surface area (Å²) in [5.74, 6) is 0.388. The van der Waals surface area contributed by atoms with Gasteiger partial charge in [-0.25, -0.2) is 0 Å². The summed E-state index contributed by atoms with van der Waals surface area (Å²) >= 11 is 0. The molecule has 2 aromatic carbocycles. The monoisotopic (exact) mass is 338 g/mol. The number of methoxy groups -OCH3 is 1. The summed E-state index contributed by atoms with van der Waals surface area (Å²) in [4.78, 5) is 0. The molecule has 3 aromatic rings. The van der Waals surface area contributed by atoms with E-state index in [4.69, 9.17) is 4.74 Å². The second-order valence-corrected chi connectivity index (χ2v) is 6.33. The van der Waals surface area contributed by atoms with E-state index in [1.54, 1.807) is 25.3 Å². The maximum absolute atomic E-state index is 10.5. The molecule has 0 atom stereocenters. The predicted molar refractivity (Wildman–Crippen MR) is 94.2 cm³/mol. The van der Waals surface area contributed by atoms with Gasteiger partial charge in [0.15, 0.2) is 35.7 Å². The van der Waals surface area contributed by atoms with Crippen molar-refractivity contribution in [2.45, 2.75) is 26.3 Å². The number of aromatic nitrogens is 1. The first-order valence-electron chi connectivity index (χ1n) is 8.35. The number of benzene rings is 2. The molecule has 3 N–H and O–H groups in total. The van der Waals surface area contributed by atoms with E-state index in [-0.39, 0.29) is 17.2 Å². The number of ether oxygens (including phenoxy) is 1. The molecule has 1 aliphatic rings. The Hall–Kier alpha value is -2.95. The van der Waals surface area contributed by atoms with Crippen molar-refractivity contribution in [3.05, 3.63) is 41.6 Å². The van der Waals surface area contributed by atoms with E-state index in [9.17, 15) is 15.3 Å². The third-order valence-corrected chi connectivity index (χ3v) is 5.01. The lowest BCUT2D eigenvalue weighted by Crippen LogP contribution is -2.41. The van der Waals surface area contributed by atoms with Crippen LogP contribution in [-0.2, 0) is 19.4 Å². The molecule has 5 heteroatoms. The maximum Gasteiger partial charge on any atom is 0.216 e. The molecule has 0 bridgehead atoms. The molecule has 0 spiro atoms. The van der Waals surface area contributed by atoms with Gasteiger partial charge in [0.05, 0.1) is 18.1 Å². The van der Waals surface area contributed by atoms with Crippen LogP contribution in [0.2, 0.25) is 0 Å². The van der Waals surface area contributed by atoms with Crippen LogP contribution in [0.25, 0.3) is 22.0 Å². The number of fused-ring (bicyclic) bond motifs is 4. The van der Waals surface area contributed by atoms with Crippen LogP contribution < -0.4 is 9.30 Å². The molecule has 25 heavy (non-hydrogen) atoms. The lowest BCUT2D eigenvalue weighted by atomic mass is 9.90. The minimum absolute atomic E-state index is 0.0894. The van der Waals surface area contributed by atoms with Crippen molar-refractivity contribution in [3.63, 3.8) is 0 Å². The second kappa shape index (κ2) is 5.55. The molecule has 0 saturated carbocycles. The fraction of sp³-hybridized carbons (Fsp3) is 0.250. The lowest BCUT2D eigenvalue weighted by molar-refractivity contribution is -0.686. The Morgan fingerprint density at radius 1 is 1.08 bits per heavy atom. The van der Waals surface area contributed by atoms with Crippen LogP contribution in [0.5, 0.6) is 23.0 Å². The Morgan fingerprint density at radius 3 is 2.56 bits per heavy atom. The highest BCUT2D eigenvalue weighted by atomic mass is 16.5. The first-order chi connectivity index (χ1) is 12.0. The smallest absolute Gasteiger partial charge is 0.216 e. The summed E-state index contributed by atoms with van der Waals surface area (Å²) in [6.45, 7) is 2.82. The first kappa shape index (κ1) is 15.6. The molecule has 5 nitrogen and oxygen atoms in total. The van der Waals surface area contributed by atoms with Gasteiger partial charge in [-0.3, -0.25) is 0 Å². The van der Waals surface area contributed by atoms with Crippen molar-refractivity contribution < 1.29 is 24.6 Å². The quantitative estimate of drug-likeness (QED) is 0.496. The zero-order valence-corrected chi connectivity index (χ0v) is 14.2. The number of hydrogen-bond donors (Lipinski definition) is 3. The van der Waals surface area contributed by atoms with Crippen LogP contribution in [0, 0.1) is 0 Å². The number of nitrogens with zero attached hydrogens (tertiary/aromatic N) is 1. The molecule has 0 unspecified atom stereocenters. The minimum atomic E-state index is -0.119. The van der Waals surface area contributed by atoms with E-state index in [1.807, 2.05) is 12.3 Å². The van der Waals surface area contributed by atoms with Gasteiger partial charge >= 0.3 is 0 Å². The highest BCUT2D eigenvalue weighted by Gasteiger charge is 2.30. The molecule has 4 rings (SSSR count). The zero-order valence-electron chi connectivity index (χ0n) is 14.2. The SMILES string of the molecule is CCc1c2[n+](cc3c(O)c(OC)ccc13)CCc1cc(O)c(O)cc1-2. The molecule has 2 heterocycles. The van der Waals surface area contributed by atoms with Gasteiger partial charge in [0.1, 0.15) is 0 Å². The molecule has 0 fully saturated rings. The maximum atomic E-state index is 10.5. The molecule has 1 aromatic heterocycles. The second-order valence-electron chi connectivity index (χ2n) is 6.33.